The smallest absolute Gasteiger partial charge is 0.120 e. The number of hydrogen-bond acceptors (Lipinski definition) is 3. The Labute approximate surface area is 94.7 Å². The summed E-state index contributed by atoms with van der Waals surface area (Å²) in [7, 11) is 1.64. The van der Waals surface area contributed by atoms with Gasteiger partial charge < -0.3 is 9.47 Å². The van der Waals surface area contributed by atoms with Crippen molar-refractivity contribution < 1.29 is 9.47 Å². The monoisotopic (exact) mass is 215 g/mol. The molecule has 1 aromatic carbocycles. The zero-order valence-electron chi connectivity index (χ0n) is 9.09. The van der Waals surface area contributed by atoms with Crippen molar-refractivity contribution in [3.8, 4) is 11.5 Å². The molecular formula is C13H13NO2. The summed E-state index contributed by atoms with van der Waals surface area (Å²) >= 11 is 0. The van der Waals surface area contributed by atoms with Crippen LogP contribution in [0.3, 0.4) is 0 Å². The van der Waals surface area contributed by atoms with Crippen LogP contribution < -0.4 is 9.47 Å². The fourth-order valence-corrected chi connectivity index (χ4v) is 1.32. The van der Waals surface area contributed by atoms with E-state index in [2.05, 4.69) is 4.98 Å². The topological polar surface area (TPSA) is 31.4 Å². The maximum absolute atomic E-state index is 5.60. The van der Waals surface area contributed by atoms with E-state index >= 15 is 0 Å². The zero-order chi connectivity index (χ0) is 11.2. The van der Waals surface area contributed by atoms with Gasteiger partial charge in [-0.2, -0.15) is 0 Å². The molecule has 0 saturated heterocycles. The summed E-state index contributed by atoms with van der Waals surface area (Å²) in [5.74, 6) is 1.65. The molecule has 0 fully saturated rings. The van der Waals surface area contributed by atoms with Gasteiger partial charge in [0.25, 0.3) is 0 Å². The highest BCUT2D eigenvalue weighted by Crippen LogP contribution is 2.17. The van der Waals surface area contributed by atoms with Crippen LogP contribution in [-0.4, -0.2) is 12.1 Å². The third-order valence-electron chi connectivity index (χ3n) is 2.19. The van der Waals surface area contributed by atoms with E-state index in [1.165, 1.54) is 0 Å². The minimum absolute atomic E-state index is 0.528. The summed E-state index contributed by atoms with van der Waals surface area (Å²) in [6.45, 7) is 0.528. The SMILES string of the molecule is COc1ccc(OCc2cccnc2)cc1. The Bertz CT molecular complexity index is 425. The van der Waals surface area contributed by atoms with E-state index in [-0.39, 0.29) is 0 Å². The quantitative estimate of drug-likeness (QED) is 0.785. The van der Waals surface area contributed by atoms with Gasteiger partial charge in [0.2, 0.25) is 0 Å². The minimum Gasteiger partial charge on any atom is -0.497 e. The molecule has 0 atom stereocenters. The predicted molar refractivity (Wildman–Crippen MR) is 61.6 cm³/mol. The first-order valence-corrected chi connectivity index (χ1v) is 5.04. The minimum atomic E-state index is 0.528. The summed E-state index contributed by atoms with van der Waals surface area (Å²) in [6.07, 6.45) is 3.54. The highest BCUT2D eigenvalue weighted by molar-refractivity contribution is 5.31. The van der Waals surface area contributed by atoms with Crippen molar-refractivity contribution in [1.29, 1.82) is 0 Å². The van der Waals surface area contributed by atoms with Gasteiger partial charge in [-0.1, -0.05) is 6.07 Å². The molecule has 1 aromatic heterocycles. The maximum Gasteiger partial charge on any atom is 0.120 e. The van der Waals surface area contributed by atoms with Gasteiger partial charge in [-0.05, 0) is 30.3 Å². The number of pyridine rings is 1. The van der Waals surface area contributed by atoms with Gasteiger partial charge >= 0.3 is 0 Å². The van der Waals surface area contributed by atoms with E-state index in [1.807, 2.05) is 36.4 Å². The molecule has 2 rings (SSSR count). The first-order chi connectivity index (χ1) is 7.88. The van der Waals surface area contributed by atoms with Crippen LogP contribution in [0.15, 0.2) is 48.8 Å². The summed E-state index contributed by atoms with van der Waals surface area (Å²) < 4.78 is 10.7. The van der Waals surface area contributed by atoms with Crippen LogP contribution >= 0.6 is 0 Å². The highest BCUT2D eigenvalue weighted by atomic mass is 16.5. The number of methoxy groups -OCH3 is 1. The van der Waals surface area contributed by atoms with E-state index in [9.17, 15) is 0 Å². The van der Waals surface area contributed by atoms with Crippen LogP contribution in [0.2, 0.25) is 0 Å². The molecule has 0 radical (unpaired) electrons. The fourth-order valence-electron chi connectivity index (χ4n) is 1.32. The zero-order valence-corrected chi connectivity index (χ0v) is 9.09. The van der Waals surface area contributed by atoms with Crippen molar-refractivity contribution in [1.82, 2.24) is 4.98 Å². The molecule has 0 aliphatic heterocycles. The number of nitrogens with zero attached hydrogens (tertiary/aromatic N) is 1. The second-order valence-corrected chi connectivity index (χ2v) is 3.33. The average Bonchev–Trinajstić information content (AvgIpc) is 2.38. The third-order valence-corrected chi connectivity index (χ3v) is 2.19. The molecule has 3 nitrogen and oxygen atoms in total. The van der Waals surface area contributed by atoms with Crippen LogP contribution in [0.4, 0.5) is 0 Å². The predicted octanol–water partition coefficient (Wildman–Crippen LogP) is 2.67. The van der Waals surface area contributed by atoms with Gasteiger partial charge in [-0.3, -0.25) is 4.98 Å². The molecule has 2 aromatic rings. The standard InChI is InChI=1S/C13H13NO2/c1-15-12-4-6-13(7-5-12)16-10-11-3-2-8-14-9-11/h2-9H,10H2,1H3. The summed E-state index contributed by atoms with van der Waals surface area (Å²) in [4.78, 5) is 4.02. The molecule has 0 unspecified atom stereocenters. The molecule has 3 heteroatoms. The first kappa shape index (κ1) is 10.5. The van der Waals surface area contributed by atoms with Crippen molar-refractivity contribution in [3.05, 3.63) is 54.4 Å². The van der Waals surface area contributed by atoms with E-state index < -0.39 is 0 Å². The molecule has 0 spiro atoms. The molecule has 0 saturated carbocycles. The van der Waals surface area contributed by atoms with Gasteiger partial charge in [0, 0.05) is 18.0 Å². The lowest BCUT2D eigenvalue weighted by atomic mass is 10.3. The number of rotatable bonds is 4. The molecule has 0 bridgehead atoms. The van der Waals surface area contributed by atoms with Crippen LogP contribution in [0.5, 0.6) is 11.5 Å². The fraction of sp³-hybridized carbons (Fsp3) is 0.154. The largest absolute Gasteiger partial charge is 0.497 e. The van der Waals surface area contributed by atoms with Crippen LogP contribution in [-0.2, 0) is 6.61 Å². The Morgan fingerprint density at radius 1 is 1.06 bits per heavy atom. The van der Waals surface area contributed by atoms with Crippen molar-refractivity contribution >= 4 is 0 Å². The number of aromatic nitrogens is 1. The number of benzene rings is 1. The van der Waals surface area contributed by atoms with Crippen molar-refractivity contribution in [2.75, 3.05) is 7.11 Å². The molecule has 0 aliphatic rings. The van der Waals surface area contributed by atoms with Gasteiger partial charge in [-0.15, -0.1) is 0 Å². The summed E-state index contributed by atoms with van der Waals surface area (Å²) in [5, 5.41) is 0. The van der Waals surface area contributed by atoms with Crippen LogP contribution in [0.25, 0.3) is 0 Å². The molecule has 82 valence electrons. The first-order valence-electron chi connectivity index (χ1n) is 5.04. The Morgan fingerprint density at radius 3 is 2.44 bits per heavy atom. The number of hydrogen-bond donors (Lipinski definition) is 0. The second-order valence-electron chi connectivity index (χ2n) is 3.33. The van der Waals surface area contributed by atoms with Gasteiger partial charge in [-0.25, -0.2) is 0 Å². The lowest BCUT2D eigenvalue weighted by Gasteiger charge is -2.06. The Balaban J connectivity index is 1.94. The lowest BCUT2D eigenvalue weighted by molar-refractivity contribution is 0.305. The molecular weight excluding hydrogens is 202 g/mol. The maximum atomic E-state index is 5.60. The van der Waals surface area contributed by atoms with E-state index in [0.29, 0.717) is 6.61 Å². The molecule has 0 amide bonds. The van der Waals surface area contributed by atoms with Crippen molar-refractivity contribution in [3.63, 3.8) is 0 Å². The highest BCUT2D eigenvalue weighted by Gasteiger charge is 1.96. The van der Waals surface area contributed by atoms with E-state index in [4.69, 9.17) is 9.47 Å². The Morgan fingerprint density at radius 2 is 1.81 bits per heavy atom. The van der Waals surface area contributed by atoms with Crippen LogP contribution in [0.1, 0.15) is 5.56 Å². The van der Waals surface area contributed by atoms with Crippen molar-refractivity contribution in [2.45, 2.75) is 6.61 Å². The second kappa shape index (κ2) is 5.16. The van der Waals surface area contributed by atoms with Gasteiger partial charge in [0.15, 0.2) is 0 Å². The lowest BCUT2D eigenvalue weighted by Crippen LogP contribution is -1.95. The number of ether oxygens (including phenoxy) is 2. The van der Waals surface area contributed by atoms with E-state index in [0.717, 1.165) is 17.1 Å². The van der Waals surface area contributed by atoms with Crippen LogP contribution in [0, 0.1) is 0 Å². The normalized spacial score (nSPS) is 9.81. The molecule has 0 N–H and O–H groups in total. The molecule has 0 aliphatic carbocycles. The average molecular weight is 215 g/mol. The Kier molecular flexibility index (Phi) is 3.38. The summed E-state index contributed by atoms with van der Waals surface area (Å²) in [6, 6.07) is 11.4. The van der Waals surface area contributed by atoms with Crippen molar-refractivity contribution in [2.24, 2.45) is 0 Å². The summed E-state index contributed by atoms with van der Waals surface area (Å²) in [5.41, 5.74) is 1.05. The Hall–Kier alpha value is -2.03. The molecule has 1 heterocycles. The van der Waals surface area contributed by atoms with E-state index in [1.54, 1.807) is 19.5 Å². The third kappa shape index (κ3) is 2.73. The van der Waals surface area contributed by atoms with Gasteiger partial charge in [0.05, 0.1) is 7.11 Å². The molecule has 16 heavy (non-hydrogen) atoms. The van der Waals surface area contributed by atoms with Gasteiger partial charge in [0.1, 0.15) is 18.1 Å².